The number of aryl methyl sites for hydroxylation is 1. The first-order valence-corrected chi connectivity index (χ1v) is 8.30. The van der Waals surface area contributed by atoms with E-state index in [4.69, 9.17) is 16.7 Å². The molecule has 22 heavy (non-hydrogen) atoms. The topological polar surface area (TPSA) is 43.8 Å². The van der Waals surface area contributed by atoms with Crippen molar-refractivity contribution in [3.8, 4) is 0 Å². The summed E-state index contributed by atoms with van der Waals surface area (Å²) in [6.07, 6.45) is 2.07. The van der Waals surface area contributed by atoms with Crippen molar-refractivity contribution >= 4 is 17.6 Å². The summed E-state index contributed by atoms with van der Waals surface area (Å²) in [5, 5.41) is 9.79. The summed E-state index contributed by atoms with van der Waals surface area (Å²) in [7, 11) is 0. The Morgan fingerprint density at radius 2 is 2.09 bits per heavy atom. The lowest BCUT2D eigenvalue weighted by atomic mass is 10.0. The summed E-state index contributed by atoms with van der Waals surface area (Å²) in [6, 6.07) is 6.59. The molecule has 1 aliphatic rings. The minimum Gasteiger partial charge on any atom is -0.480 e. The molecule has 0 aromatic heterocycles. The minimum absolute atomic E-state index is 0.150. The summed E-state index contributed by atoms with van der Waals surface area (Å²) in [6.45, 7) is 7.99. The van der Waals surface area contributed by atoms with Gasteiger partial charge in [-0.25, -0.2) is 0 Å². The summed E-state index contributed by atoms with van der Waals surface area (Å²) in [4.78, 5) is 15.4. The van der Waals surface area contributed by atoms with Gasteiger partial charge in [0, 0.05) is 17.6 Å². The first-order chi connectivity index (χ1) is 10.5. The minimum atomic E-state index is -0.735. The second-order valence-corrected chi connectivity index (χ2v) is 6.45. The van der Waals surface area contributed by atoms with Crippen LogP contribution in [0.3, 0.4) is 0 Å². The van der Waals surface area contributed by atoms with E-state index in [-0.39, 0.29) is 6.54 Å². The Bertz CT molecular complexity index is 513. The molecular formula is C17H25ClN2O2. The molecule has 0 bridgehead atoms. The van der Waals surface area contributed by atoms with Gasteiger partial charge >= 0.3 is 5.97 Å². The zero-order valence-electron chi connectivity index (χ0n) is 13.4. The Morgan fingerprint density at radius 3 is 2.64 bits per heavy atom. The molecule has 0 aliphatic carbocycles. The second kappa shape index (κ2) is 7.95. The molecule has 1 aromatic carbocycles. The molecule has 4 nitrogen and oxygen atoms in total. The van der Waals surface area contributed by atoms with Crippen molar-refractivity contribution in [2.45, 2.75) is 39.3 Å². The molecule has 0 radical (unpaired) electrons. The molecule has 1 fully saturated rings. The van der Waals surface area contributed by atoms with Gasteiger partial charge in [0.05, 0.1) is 6.54 Å². The van der Waals surface area contributed by atoms with Crippen LogP contribution in [0.15, 0.2) is 18.2 Å². The van der Waals surface area contributed by atoms with Gasteiger partial charge in [-0.1, -0.05) is 30.7 Å². The highest BCUT2D eigenvalue weighted by Crippen LogP contribution is 2.21. The van der Waals surface area contributed by atoms with Gasteiger partial charge in [-0.15, -0.1) is 0 Å². The van der Waals surface area contributed by atoms with E-state index in [0.29, 0.717) is 6.04 Å². The van der Waals surface area contributed by atoms with Crippen LogP contribution in [0.2, 0.25) is 5.02 Å². The van der Waals surface area contributed by atoms with Crippen LogP contribution in [0.5, 0.6) is 0 Å². The van der Waals surface area contributed by atoms with Crippen molar-refractivity contribution in [2.75, 3.05) is 26.2 Å². The van der Waals surface area contributed by atoms with Gasteiger partial charge in [0.1, 0.15) is 0 Å². The Hall–Kier alpha value is -1.10. The van der Waals surface area contributed by atoms with Crippen LogP contribution >= 0.6 is 11.6 Å². The van der Waals surface area contributed by atoms with E-state index in [0.717, 1.165) is 49.6 Å². The van der Waals surface area contributed by atoms with E-state index in [2.05, 4.69) is 21.9 Å². The molecule has 1 saturated heterocycles. The first-order valence-electron chi connectivity index (χ1n) is 7.92. The number of likely N-dealkylation sites (N-methyl/N-ethyl adjacent to an activating group) is 1. The molecule has 0 spiro atoms. The van der Waals surface area contributed by atoms with Crippen molar-refractivity contribution in [1.82, 2.24) is 9.80 Å². The lowest BCUT2D eigenvalue weighted by Crippen LogP contribution is -2.46. The van der Waals surface area contributed by atoms with E-state index in [9.17, 15) is 4.79 Å². The van der Waals surface area contributed by atoms with Crippen LogP contribution in [-0.4, -0.2) is 53.1 Å². The number of rotatable bonds is 6. The van der Waals surface area contributed by atoms with Crippen molar-refractivity contribution in [3.63, 3.8) is 0 Å². The molecule has 1 N–H and O–H groups in total. The number of hydrogen-bond acceptors (Lipinski definition) is 3. The van der Waals surface area contributed by atoms with Crippen LogP contribution in [0.1, 0.15) is 30.9 Å². The molecule has 122 valence electrons. The predicted molar refractivity (Wildman–Crippen MR) is 89.4 cm³/mol. The maximum absolute atomic E-state index is 10.9. The zero-order valence-corrected chi connectivity index (χ0v) is 14.1. The third-order valence-corrected chi connectivity index (χ3v) is 4.87. The van der Waals surface area contributed by atoms with Crippen molar-refractivity contribution in [3.05, 3.63) is 34.3 Å². The lowest BCUT2D eigenvalue weighted by molar-refractivity contribution is -0.139. The van der Waals surface area contributed by atoms with E-state index in [1.807, 2.05) is 19.9 Å². The average Bonchev–Trinajstić information content (AvgIpc) is 2.49. The third kappa shape index (κ3) is 4.70. The highest BCUT2D eigenvalue weighted by Gasteiger charge is 2.24. The number of piperidine rings is 1. The smallest absolute Gasteiger partial charge is 0.317 e. The highest BCUT2D eigenvalue weighted by molar-refractivity contribution is 6.31. The van der Waals surface area contributed by atoms with E-state index in [1.54, 1.807) is 0 Å². The largest absolute Gasteiger partial charge is 0.480 e. The van der Waals surface area contributed by atoms with Crippen LogP contribution < -0.4 is 0 Å². The Balaban J connectivity index is 1.86. The standard InChI is InChI=1S/C17H25ClN2O2/c1-3-20(12-17(21)22)15-6-8-19(9-7-15)11-14-4-5-16(18)13(2)10-14/h4-5,10,15H,3,6-9,11-12H2,1-2H3,(H,21,22). The summed E-state index contributed by atoms with van der Waals surface area (Å²) in [5.41, 5.74) is 2.41. The molecule has 1 aliphatic heterocycles. The summed E-state index contributed by atoms with van der Waals surface area (Å²) < 4.78 is 0. The van der Waals surface area contributed by atoms with E-state index >= 15 is 0 Å². The number of likely N-dealkylation sites (tertiary alicyclic amines) is 1. The fourth-order valence-electron chi connectivity index (χ4n) is 3.18. The molecule has 0 unspecified atom stereocenters. The van der Waals surface area contributed by atoms with Gasteiger partial charge in [0.2, 0.25) is 0 Å². The van der Waals surface area contributed by atoms with Crippen LogP contribution in [0, 0.1) is 6.92 Å². The molecule has 1 aromatic rings. The van der Waals surface area contributed by atoms with Crippen molar-refractivity contribution in [2.24, 2.45) is 0 Å². The molecule has 0 saturated carbocycles. The van der Waals surface area contributed by atoms with Gasteiger partial charge < -0.3 is 5.11 Å². The van der Waals surface area contributed by atoms with Crippen molar-refractivity contribution in [1.29, 1.82) is 0 Å². The number of aliphatic carboxylic acids is 1. The van der Waals surface area contributed by atoms with Crippen LogP contribution in [-0.2, 0) is 11.3 Å². The maximum atomic E-state index is 10.9. The number of nitrogens with zero attached hydrogens (tertiary/aromatic N) is 2. The fourth-order valence-corrected chi connectivity index (χ4v) is 3.30. The molecule has 2 rings (SSSR count). The molecule has 1 heterocycles. The second-order valence-electron chi connectivity index (χ2n) is 6.05. The Morgan fingerprint density at radius 1 is 1.41 bits per heavy atom. The average molecular weight is 325 g/mol. The van der Waals surface area contributed by atoms with E-state index < -0.39 is 5.97 Å². The number of carbonyl (C=O) groups is 1. The fraction of sp³-hybridized carbons (Fsp3) is 0.588. The first kappa shape index (κ1) is 17.3. The van der Waals surface area contributed by atoms with Gasteiger partial charge in [-0.3, -0.25) is 14.6 Å². The normalized spacial score (nSPS) is 17.1. The Labute approximate surface area is 137 Å². The molecule has 0 atom stereocenters. The van der Waals surface area contributed by atoms with Crippen LogP contribution in [0.4, 0.5) is 0 Å². The molecular weight excluding hydrogens is 300 g/mol. The quantitative estimate of drug-likeness (QED) is 0.873. The monoisotopic (exact) mass is 324 g/mol. The summed E-state index contributed by atoms with van der Waals surface area (Å²) in [5.74, 6) is -0.735. The molecule has 5 heteroatoms. The Kier molecular flexibility index (Phi) is 6.24. The van der Waals surface area contributed by atoms with Gasteiger partial charge in [0.15, 0.2) is 0 Å². The number of benzene rings is 1. The van der Waals surface area contributed by atoms with E-state index in [1.165, 1.54) is 5.56 Å². The lowest BCUT2D eigenvalue weighted by Gasteiger charge is -2.37. The summed E-state index contributed by atoms with van der Waals surface area (Å²) >= 11 is 6.07. The SMILES string of the molecule is CCN(CC(=O)O)C1CCN(Cc2ccc(Cl)c(C)c2)CC1. The van der Waals surface area contributed by atoms with Gasteiger partial charge in [-0.05, 0) is 56.6 Å². The third-order valence-electron chi connectivity index (χ3n) is 4.45. The van der Waals surface area contributed by atoms with Gasteiger partial charge in [-0.2, -0.15) is 0 Å². The van der Waals surface area contributed by atoms with Crippen LogP contribution in [0.25, 0.3) is 0 Å². The number of carboxylic acids is 1. The number of carboxylic acid groups (broad SMARTS) is 1. The number of halogens is 1. The van der Waals surface area contributed by atoms with Crippen molar-refractivity contribution < 1.29 is 9.90 Å². The molecule has 0 amide bonds. The number of hydrogen-bond donors (Lipinski definition) is 1. The predicted octanol–water partition coefficient (Wildman–Crippen LogP) is 3.02. The highest BCUT2D eigenvalue weighted by atomic mass is 35.5. The zero-order chi connectivity index (χ0) is 16.1. The van der Waals surface area contributed by atoms with Gasteiger partial charge in [0.25, 0.3) is 0 Å². The maximum Gasteiger partial charge on any atom is 0.317 e.